The molecule has 5 rings (SSSR count). The maximum Gasteiger partial charge on any atom is 0.411 e. The summed E-state index contributed by atoms with van der Waals surface area (Å²) in [5.74, 6) is 0.215. The summed E-state index contributed by atoms with van der Waals surface area (Å²) in [6.45, 7) is 19.0. The number of hydrogen-bond acceptors (Lipinski definition) is 8. The Morgan fingerprint density at radius 1 is 1.13 bits per heavy atom. The summed E-state index contributed by atoms with van der Waals surface area (Å²) in [7, 11) is 0. The Bertz CT molecular complexity index is 1590. The molecule has 2 bridgehead atoms. The predicted octanol–water partition coefficient (Wildman–Crippen LogP) is 6.32. The molecule has 4 unspecified atom stereocenters. The molecule has 4 atom stereocenters. The molecular weight excluding hydrogens is 604 g/mol. The minimum atomic E-state index is -2.74. The number of anilines is 3. The molecule has 2 aromatic rings. The normalized spacial score (nSPS) is 23.3. The topological polar surface area (TPSA) is 142 Å². The third-order valence-electron chi connectivity index (χ3n) is 8.92. The van der Waals surface area contributed by atoms with Gasteiger partial charge in [-0.25, -0.2) is 19.0 Å². The second-order valence-corrected chi connectivity index (χ2v) is 16.4. The van der Waals surface area contributed by atoms with Crippen molar-refractivity contribution in [3.05, 3.63) is 47.2 Å². The fourth-order valence-corrected chi connectivity index (χ4v) is 7.69. The van der Waals surface area contributed by atoms with Crippen LogP contribution in [0, 0.1) is 5.92 Å². The molecular formula is C34H48N6O5S. The largest absolute Gasteiger partial charge is 0.444 e. The summed E-state index contributed by atoms with van der Waals surface area (Å²) in [4.78, 5) is 41.2. The van der Waals surface area contributed by atoms with Gasteiger partial charge in [-0.3, -0.25) is 14.2 Å². The SMILES string of the molecule is CC1CN(c2nc(C(C)(C)C)c(C3=CC4CCC(C3)N4C(=O)OC(C)(C)C)cc2C(=O)N(c2cccc(N)n2)S(=O)O)C(C)(C)C1. The first kappa shape index (κ1) is 33.8. The fourth-order valence-electron chi connectivity index (χ4n) is 7.19. The van der Waals surface area contributed by atoms with Crippen LogP contribution in [0.4, 0.5) is 22.2 Å². The molecule has 11 nitrogen and oxygen atoms in total. The quantitative estimate of drug-likeness (QED) is 0.355. The Kier molecular flexibility index (Phi) is 8.78. The molecule has 3 N–H and O–H groups in total. The Labute approximate surface area is 275 Å². The molecule has 2 saturated heterocycles. The van der Waals surface area contributed by atoms with E-state index in [1.54, 1.807) is 12.1 Å². The van der Waals surface area contributed by atoms with E-state index < -0.39 is 28.2 Å². The number of carbonyl (C=O) groups excluding carboxylic acids is 2. The maximum atomic E-state index is 14.5. The minimum Gasteiger partial charge on any atom is -0.444 e. The molecule has 0 radical (unpaired) electrons. The zero-order valence-corrected chi connectivity index (χ0v) is 29.3. The maximum absolute atomic E-state index is 14.5. The number of fused-ring (bicyclic) bond motifs is 2. The standard InChI is InChI=1S/C34H48N6O5S/c1-20-18-34(8,9)38(19-20)29-25(30(41)40(46(43)44)27-12-10-11-26(35)36-27)17-24(28(37-29)32(2,3)4)21-15-22-13-14-23(16-21)39(22)31(42)45-33(5,6)7/h10-12,15,17,20,22-23H,13-14,16,18-19H2,1-9H3,(H2,35,36)(H,43,44). The number of aromatic nitrogens is 2. The second-order valence-electron chi connectivity index (χ2n) is 15.6. The van der Waals surface area contributed by atoms with Crippen LogP contribution >= 0.6 is 0 Å². The lowest BCUT2D eigenvalue weighted by molar-refractivity contribution is 0.0175. The van der Waals surface area contributed by atoms with Crippen LogP contribution in [-0.2, 0) is 21.4 Å². The third-order valence-corrected chi connectivity index (χ3v) is 9.59. The molecule has 250 valence electrons. The van der Waals surface area contributed by atoms with E-state index in [9.17, 15) is 18.4 Å². The van der Waals surface area contributed by atoms with Gasteiger partial charge in [-0.1, -0.05) is 39.8 Å². The summed E-state index contributed by atoms with van der Waals surface area (Å²) in [5, 5.41) is 0. The van der Waals surface area contributed by atoms with Crippen molar-refractivity contribution in [2.75, 3.05) is 21.5 Å². The number of ether oxygens (including phenoxy) is 1. The molecule has 12 heteroatoms. The van der Waals surface area contributed by atoms with Gasteiger partial charge < -0.3 is 15.4 Å². The van der Waals surface area contributed by atoms with E-state index in [1.165, 1.54) is 6.07 Å². The monoisotopic (exact) mass is 652 g/mol. The molecule has 3 aliphatic heterocycles. The van der Waals surface area contributed by atoms with Crippen molar-refractivity contribution in [2.45, 2.75) is 117 Å². The van der Waals surface area contributed by atoms with Gasteiger partial charge in [-0.15, -0.1) is 0 Å². The van der Waals surface area contributed by atoms with E-state index in [4.69, 9.17) is 15.5 Å². The van der Waals surface area contributed by atoms with Crippen LogP contribution in [0.1, 0.15) is 110 Å². The van der Waals surface area contributed by atoms with E-state index in [0.717, 1.165) is 40.4 Å². The van der Waals surface area contributed by atoms with Gasteiger partial charge in [0.05, 0.1) is 17.3 Å². The highest BCUT2D eigenvalue weighted by molar-refractivity contribution is 7.81. The van der Waals surface area contributed by atoms with Crippen molar-refractivity contribution in [3.63, 3.8) is 0 Å². The molecule has 3 aliphatic rings. The number of nitrogens with two attached hydrogens (primary N) is 1. The number of pyridine rings is 2. The van der Waals surface area contributed by atoms with Gasteiger partial charge in [0.25, 0.3) is 17.2 Å². The van der Waals surface area contributed by atoms with Crippen LogP contribution in [0.3, 0.4) is 0 Å². The van der Waals surface area contributed by atoms with Gasteiger partial charge in [0, 0.05) is 29.1 Å². The van der Waals surface area contributed by atoms with E-state index in [-0.39, 0.29) is 40.9 Å². The lowest BCUT2D eigenvalue weighted by atomic mass is 9.82. The number of hydrogen-bond donors (Lipinski definition) is 2. The zero-order chi connectivity index (χ0) is 33.9. The first-order valence-corrected chi connectivity index (χ1v) is 17.1. The highest BCUT2D eigenvalue weighted by Crippen LogP contribution is 2.45. The Morgan fingerprint density at radius 2 is 1.83 bits per heavy atom. The highest BCUT2D eigenvalue weighted by atomic mass is 32.2. The zero-order valence-electron chi connectivity index (χ0n) is 28.5. The van der Waals surface area contributed by atoms with Gasteiger partial charge in [0.2, 0.25) is 0 Å². The van der Waals surface area contributed by atoms with Crippen molar-refractivity contribution in [3.8, 4) is 0 Å². The lowest BCUT2D eigenvalue weighted by Gasteiger charge is -2.38. The second kappa shape index (κ2) is 11.9. The van der Waals surface area contributed by atoms with Crippen molar-refractivity contribution >= 4 is 46.3 Å². The first-order valence-electron chi connectivity index (χ1n) is 16.0. The van der Waals surface area contributed by atoms with E-state index in [1.807, 2.05) is 31.7 Å². The van der Waals surface area contributed by atoms with Crippen LogP contribution in [0.2, 0.25) is 0 Å². The van der Waals surface area contributed by atoms with Crippen molar-refractivity contribution in [2.24, 2.45) is 5.92 Å². The molecule has 2 aromatic heterocycles. The molecule has 2 fully saturated rings. The van der Waals surface area contributed by atoms with Crippen molar-refractivity contribution in [1.29, 1.82) is 0 Å². The number of amides is 2. The highest BCUT2D eigenvalue weighted by Gasteiger charge is 2.44. The van der Waals surface area contributed by atoms with Crippen molar-refractivity contribution in [1.82, 2.24) is 14.9 Å². The molecule has 0 spiro atoms. The third kappa shape index (κ3) is 6.64. The van der Waals surface area contributed by atoms with E-state index >= 15 is 0 Å². The van der Waals surface area contributed by atoms with E-state index in [0.29, 0.717) is 24.7 Å². The van der Waals surface area contributed by atoms with E-state index in [2.05, 4.69) is 57.5 Å². The number of nitrogens with zero attached hydrogens (tertiary/aromatic N) is 5. The molecule has 0 saturated carbocycles. The molecule has 0 aromatic carbocycles. The average Bonchev–Trinajstić information content (AvgIpc) is 3.35. The summed E-state index contributed by atoms with van der Waals surface area (Å²) in [5.41, 5.74) is 7.42. The summed E-state index contributed by atoms with van der Waals surface area (Å²) < 4.78 is 29.7. The summed E-state index contributed by atoms with van der Waals surface area (Å²) in [6.07, 6.45) is 4.91. The molecule has 46 heavy (non-hydrogen) atoms. The molecule has 0 aliphatic carbocycles. The number of nitrogen functional groups attached to an aromatic ring is 1. The smallest absolute Gasteiger partial charge is 0.411 e. The van der Waals surface area contributed by atoms with Crippen LogP contribution in [0.15, 0.2) is 30.3 Å². The van der Waals surface area contributed by atoms with Gasteiger partial charge >= 0.3 is 6.09 Å². The lowest BCUT2D eigenvalue weighted by Crippen LogP contribution is -2.45. The number of carbonyl (C=O) groups is 2. The van der Waals surface area contributed by atoms with Gasteiger partial charge in [-0.05, 0) is 90.0 Å². The summed E-state index contributed by atoms with van der Waals surface area (Å²) >= 11 is -2.74. The average molecular weight is 653 g/mol. The van der Waals surface area contributed by atoms with Gasteiger partial charge in [0.1, 0.15) is 17.2 Å². The molecule has 2 amide bonds. The van der Waals surface area contributed by atoms with Crippen LogP contribution in [0.5, 0.6) is 0 Å². The fraction of sp³-hybridized carbons (Fsp3) is 0.588. The number of rotatable bonds is 5. The van der Waals surface area contributed by atoms with Crippen LogP contribution < -0.4 is 14.9 Å². The van der Waals surface area contributed by atoms with Gasteiger partial charge in [0.15, 0.2) is 5.82 Å². The summed E-state index contributed by atoms with van der Waals surface area (Å²) in [6, 6.07) is 6.25. The molecule has 5 heterocycles. The predicted molar refractivity (Wildman–Crippen MR) is 182 cm³/mol. The van der Waals surface area contributed by atoms with Gasteiger partial charge in [-0.2, -0.15) is 4.31 Å². The van der Waals surface area contributed by atoms with Crippen LogP contribution in [-0.4, -0.2) is 65.4 Å². The Morgan fingerprint density at radius 3 is 2.37 bits per heavy atom. The Hall–Kier alpha value is -3.51. The van der Waals surface area contributed by atoms with Crippen molar-refractivity contribution < 1.29 is 23.1 Å². The first-order chi connectivity index (χ1) is 21.3. The minimum absolute atomic E-state index is 0.0322. The van der Waals surface area contributed by atoms with Crippen LogP contribution in [0.25, 0.3) is 5.57 Å². The Balaban J connectivity index is 1.69.